The third-order valence-electron chi connectivity index (χ3n) is 5.71. The maximum absolute atomic E-state index is 13.2. The van der Waals surface area contributed by atoms with Crippen molar-refractivity contribution in [3.8, 4) is 11.1 Å². The molecule has 1 unspecified atom stereocenters. The number of aromatic nitrogens is 2. The zero-order chi connectivity index (χ0) is 23.4. The summed E-state index contributed by atoms with van der Waals surface area (Å²) in [5.74, 6) is -0.750. The molecule has 1 fully saturated rings. The van der Waals surface area contributed by atoms with E-state index in [1.165, 1.54) is 0 Å². The van der Waals surface area contributed by atoms with Gasteiger partial charge in [0.05, 0.1) is 16.6 Å². The van der Waals surface area contributed by atoms with E-state index in [1.807, 2.05) is 36.4 Å². The molecule has 4 rings (SSSR count). The number of carbonyl (C=O) groups excluding carboxylic acids is 1. The van der Waals surface area contributed by atoms with Crippen molar-refractivity contribution in [1.82, 2.24) is 20.6 Å². The van der Waals surface area contributed by atoms with Crippen LogP contribution in [0.4, 0.5) is 13.2 Å². The van der Waals surface area contributed by atoms with Crippen LogP contribution < -0.4 is 10.6 Å². The Bertz CT molecular complexity index is 1100. The highest BCUT2D eigenvalue weighted by molar-refractivity contribution is 6.34. The van der Waals surface area contributed by atoms with Crippen LogP contribution in [-0.2, 0) is 6.18 Å². The predicted octanol–water partition coefficient (Wildman–Crippen LogP) is 5.43. The molecule has 1 aliphatic heterocycles. The molecule has 172 valence electrons. The fourth-order valence-corrected chi connectivity index (χ4v) is 4.33. The van der Waals surface area contributed by atoms with Crippen LogP contribution in [0, 0.1) is 0 Å². The largest absolute Gasteiger partial charge is 0.417 e. The van der Waals surface area contributed by atoms with Gasteiger partial charge in [-0.2, -0.15) is 13.2 Å². The van der Waals surface area contributed by atoms with E-state index >= 15 is 0 Å². The molecule has 2 aromatic heterocycles. The van der Waals surface area contributed by atoms with Gasteiger partial charge in [-0.3, -0.25) is 9.78 Å². The molecule has 5 nitrogen and oxygen atoms in total. The van der Waals surface area contributed by atoms with Crippen LogP contribution in [0.3, 0.4) is 0 Å². The van der Waals surface area contributed by atoms with Crippen molar-refractivity contribution in [2.75, 3.05) is 6.54 Å². The maximum atomic E-state index is 13.2. The second-order valence-corrected chi connectivity index (χ2v) is 8.27. The number of nitrogens with one attached hydrogen (secondary N) is 2. The lowest BCUT2D eigenvalue weighted by atomic mass is 9.91. The average Bonchev–Trinajstić information content (AvgIpc) is 2.83. The van der Waals surface area contributed by atoms with Crippen LogP contribution in [0.15, 0.2) is 61.1 Å². The molecule has 0 radical (unpaired) electrons. The summed E-state index contributed by atoms with van der Waals surface area (Å²) in [6, 6.07) is 11.7. The Balaban J connectivity index is 1.63. The molecule has 0 aliphatic carbocycles. The third-order valence-corrected chi connectivity index (χ3v) is 6.09. The molecule has 33 heavy (non-hydrogen) atoms. The highest BCUT2D eigenvalue weighted by atomic mass is 35.5. The maximum Gasteiger partial charge on any atom is 0.417 e. The van der Waals surface area contributed by atoms with Crippen LogP contribution >= 0.6 is 11.6 Å². The summed E-state index contributed by atoms with van der Waals surface area (Å²) >= 11 is 5.93. The number of carbonyl (C=O) groups is 1. The first-order valence-corrected chi connectivity index (χ1v) is 11.0. The molecule has 3 aromatic rings. The van der Waals surface area contributed by atoms with Crippen molar-refractivity contribution in [2.24, 2.45) is 0 Å². The number of nitrogens with zero attached hydrogens (tertiary/aromatic N) is 2. The number of alkyl halides is 3. The number of halogens is 4. The van der Waals surface area contributed by atoms with Crippen molar-refractivity contribution >= 4 is 17.5 Å². The highest BCUT2D eigenvalue weighted by Gasteiger charge is 2.36. The molecular formula is C24H22ClF3N4O. The molecule has 1 aromatic carbocycles. The Morgan fingerprint density at radius 1 is 1.09 bits per heavy atom. The SMILES string of the molecule is O=C(NC(c1ccc(-c2cccnc2)cc1)[C@@H]1CCCCN1)c1nccc(C(F)(F)F)c1Cl. The smallest absolute Gasteiger partial charge is 0.342 e. The minimum atomic E-state index is -4.68. The predicted molar refractivity (Wildman–Crippen MR) is 120 cm³/mol. The summed E-state index contributed by atoms with van der Waals surface area (Å²) in [6.07, 6.45) is 2.56. The molecule has 0 bridgehead atoms. The second-order valence-electron chi connectivity index (χ2n) is 7.89. The molecule has 0 saturated carbocycles. The van der Waals surface area contributed by atoms with Crippen LogP contribution in [0.2, 0.25) is 5.02 Å². The van der Waals surface area contributed by atoms with Gasteiger partial charge in [0.1, 0.15) is 5.69 Å². The quantitative estimate of drug-likeness (QED) is 0.517. The van der Waals surface area contributed by atoms with Gasteiger partial charge in [0.2, 0.25) is 0 Å². The molecule has 2 atom stereocenters. The first-order valence-electron chi connectivity index (χ1n) is 10.6. The van der Waals surface area contributed by atoms with Crippen molar-refractivity contribution in [1.29, 1.82) is 0 Å². The number of benzene rings is 1. The van der Waals surface area contributed by atoms with Crippen LogP contribution in [0.5, 0.6) is 0 Å². The van der Waals surface area contributed by atoms with E-state index < -0.39 is 34.4 Å². The molecule has 0 spiro atoms. The van der Waals surface area contributed by atoms with E-state index in [0.717, 1.165) is 54.8 Å². The summed E-state index contributed by atoms with van der Waals surface area (Å²) < 4.78 is 39.7. The van der Waals surface area contributed by atoms with E-state index in [0.29, 0.717) is 0 Å². The van der Waals surface area contributed by atoms with Crippen molar-refractivity contribution < 1.29 is 18.0 Å². The molecule has 1 aliphatic rings. The minimum absolute atomic E-state index is 0.0727. The lowest BCUT2D eigenvalue weighted by Gasteiger charge is -2.32. The fourth-order valence-electron chi connectivity index (χ4n) is 4.03. The summed E-state index contributed by atoms with van der Waals surface area (Å²) in [5, 5.41) is 5.58. The molecule has 9 heteroatoms. The zero-order valence-electron chi connectivity index (χ0n) is 17.6. The molecule has 3 heterocycles. The molecule has 1 amide bonds. The average molecular weight is 475 g/mol. The van der Waals surface area contributed by atoms with Gasteiger partial charge < -0.3 is 10.6 Å². The summed E-state index contributed by atoms with van der Waals surface area (Å²) in [6.45, 7) is 0.799. The van der Waals surface area contributed by atoms with E-state index in [9.17, 15) is 18.0 Å². The number of pyridine rings is 2. The monoisotopic (exact) mass is 474 g/mol. The van der Waals surface area contributed by atoms with Crippen LogP contribution in [0.1, 0.15) is 46.9 Å². The van der Waals surface area contributed by atoms with Crippen LogP contribution in [0.25, 0.3) is 11.1 Å². The van der Waals surface area contributed by atoms with Gasteiger partial charge >= 0.3 is 6.18 Å². The Labute approximate surface area is 194 Å². The standard InChI is InChI=1S/C24H22ClF3N4O/c25-20-18(24(26,27)28)10-13-31-22(20)23(33)32-21(19-5-1-2-12-30-19)16-8-6-15(7-9-16)17-4-3-11-29-14-17/h3-4,6-11,13-14,19,21,30H,1-2,5,12H2,(H,32,33)/t19-,21?/m0/s1. The van der Waals surface area contributed by atoms with Crippen molar-refractivity contribution in [2.45, 2.75) is 37.5 Å². The normalized spacial score (nSPS) is 17.4. The van der Waals surface area contributed by atoms with Gasteiger partial charge in [-0.25, -0.2) is 4.98 Å². The lowest BCUT2D eigenvalue weighted by molar-refractivity contribution is -0.137. The Morgan fingerprint density at radius 3 is 2.52 bits per heavy atom. The fraction of sp³-hybridized carbons (Fsp3) is 0.292. The van der Waals surface area contributed by atoms with Gasteiger partial charge in [0, 0.05) is 24.6 Å². The Kier molecular flexibility index (Phi) is 6.95. The van der Waals surface area contributed by atoms with Gasteiger partial charge in [0.25, 0.3) is 5.91 Å². The van der Waals surface area contributed by atoms with Gasteiger partial charge in [-0.1, -0.05) is 48.4 Å². The van der Waals surface area contributed by atoms with Gasteiger partial charge in [0.15, 0.2) is 0 Å². The second kappa shape index (κ2) is 9.89. The van der Waals surface area contributed by atoms with Gasteiger partial charge in [-0.15, -0.1) is 0 Å². The Morgan fingerprint density at radius 2 is 1.88 bits per heavy atom. The number of hydrogen-bond acceptors (Lipinski definition) is 4. The molecule has 2 N–H and O–H groups in total. The number of rotatable bonds is 5. The molecular weight excluding hydrogens is 453 g/mol. The van der Waals surface area contributed by atoms with Crippen molar-refractivity contribution in [3.63, 3.8) is 0 Å². The number of hydrogen-bond donors (Lipinski definition) is 2. The van der Waals surface area contributed by atoms with E-state index in [4.69, 9.17) is 11.6 Å². The number of piperidine rings is 1. The zero-order valence-corrected chi connectivity index (χ0v) is 18.3. The summed E-state index contributed by atoms with van der Waals surface area (Å²) in [5.41, 5.74) is 1.23. The highest BCUT2D eigenvalue weighted by Crippen LogP contribution is 2.36. The minimum Gasteiger partial charge on any atom is -0.342 e. The topological polar surface area (TPSA) is 66.9 Å². The summed E-state index contributed by atoms with van der Waals surface area (Å²) in [4.78, 5) is 21.0. The van der Waals surface area contributed by atoms with E-state index in [2.05, 4.69) is 20.6 Å². The first-order chi connectivity index (χ1) is 15.8. The molecule has 1 saturated heterocycles. The number of amides is 1. The Hall–Kier alpha value is -2.97. The lowest BCUT2D eigenvalue weighted by Crippen LogP contribution is -2.46. The first kappa shape index (κ1) is 23.2. The summed E-state index contributed by atoms with van der Waals surface area (Å²) in [7, 11) is 0. The van der Waals surface area contributed by atoms with Crippen LogP contribution in [-0.4, -0.2) is 28.5 Å². The van der Waals surface area contributed by atoms with Crippen molar-refractivity contribution in [3.05, 3.63) is 82.9 Å². The third kappa shape index (κ3) is 5.34. The van der Waals surface area contributed by atoms with E-state index in [1.54, 1.807) is 12.4 Å². The van der Waals surface area contributed by atoms with Gasteiger partial charge in [-0.05, 0) is 48.2 Å². The van der Waals surface area contributed by atoms with E-state index in [-0.39, 0.29) is 6.04 Å².